The largest absolute Gasteiger partial charge is 0.309 e. The van der Waals surface area contributed by atoms with Gasteiger partial charge in [0.2, 0.25) is 0 Å². The number of hydrogen-bond donors (Lipinski definition) is 0. The number of hydrogen-bond acceptors (Lipinski definition) is 0. The van der Waals surface area contributed by atoms with Crippen molar-refractivity contribution in [3.05, 3.63) is 138 Å². The maximum Gasteiger partial charge on any atom is 0.0547 e. The van der Waals surface area contributed by atoms with Crippen molar-refractivity contribution in [2.45, 2.75) is 0 Å². The Morgan fingerprint density at radius 2 is 1.19 bits per heavy atom. The molecule has 1 aromatic heterocycles. The molecule has 0 radical (unpaired) electrons. The highest BCUT2D eigenvalue weighted by atomic mass is 35.5. The molecule has 6 aromatic carbocycles. The van der Waals surface area contributed by atoms with Gasteiger partial charge in [0.05, 0.1) is 16.7 Å². The number of halogens is 1. The second kappa shape index (κ2) is 8.41. The highest BCUT2D eigenvalue weighted by Crippen LogP contribution is 2.42. The van der Waals surface area contributed by atoms with E-state index in [1.807, 2.05) is 12.1 Å². The number of benzene rings is 6. The SMILES string of the molecule is Clc1ccc(-c2c(-c3ccccc3)cccc2-n2c3ccccc3c3c4ccccc4ccc32)cc1. The van der Waals surface area contributed by atoms with Crippen molar-refractivity contribution in [3.8, 4) is 27.9 Å². The summed E-state index contributed by atoms with van der Waals surface area (Å²) in [6.07, 6.45) is 0. The normalized spacial score (nSPS) is 11.5. The lowest BCUT2D eigenvalue weighted by atomic mass is 9.92. The van der Waals surface area contributed by atoms with Crippen molar-refractivity contribution in [2.75, 3.05) is 0 Å². The van der Waals surface area contributed by atoms with Crippen LogP contribution >= 0.6 is 11.6 Å². The Morgan fingerprint density at radius 3 is 2.03 bits per heavy atom. The molecule has 36 heavy (non-hydrogen) atoms. The van der Waals surface area contributed by atoms with Gasteiger partial charge in [0.25, 0.3) is 0 Å². The van der Waals surface area contributed by atoms with Gasteiger partial charge in [-0.1, -0.05) is 115 Å². The summed E-state index contributed by atoms with van der Waals surface area (Å²) in [7, 11) is 0. The molecule has 1 nitrogen and oxygen atoms in total. The molecule has 0 unspecified atom stereocenters. The zero-order valence-electron chi connectivity index (χ0n) is 19.5. The molecule has 1 heterocycles. The average molecular weight is 480 g/mol. The second-order valence-electron chi connectivity index (χ2n) is 9.11. The van der Waals surface area contributed by atoms with E-state index in [1.54, 1.807) is 0 Å². The zero-order chi connectivity index (χ0) is 24.1. The summed E-state index contributed by atoms with van der Waals surface area (Å²) < 4.78 is 2.42. The summed E-state index contributed by atoms with van der Waals surface area (Å²) in [6, 6.07) is 47.3. The highest BCUT2D eigenvalue weighted by molar-refractivity contribution is 6.30. The van der Waals surface area contributed by atoms with Crippen LogP contribution in [0.3, 0.4) is 0 Å². The van der Waals surface area contributed by atoms with Gasteiger partial charge in [-0.15, -0.1) is 0 Å². The van der Waals surface area contributed by atoms with Gasteiger partial charge in [0, 0.05) is 21.4 Å². The molecular formula is C34H22ClN. The maximum atomic E-state index is 6.30. The van der Waals surface area contributed by atoms with Gasteiger partial charge in [-0.05, 0) is 57.8 Å². The topological polar surface area (TPSA) is 4.93 Å². The van der Waals surface area contributed by atoms with Crippen molar-refractivity contribution in [3.63, 3.8) is 0 Å². The minimum Gasteiger partial charge on any atom is -0.309 e. The molecule has 0 aliphatic carbocycles. The Hall–Kier alpha value is -4.33. The van der Waals surface area contributed by atoms with Crippen molar-refractivity contribution in [1.82, 2.24) is 4.57 Å². The standard InChI is InChI=1S/C34H22ClN/c35-26-20-17-25(18-21-26)33-27(23-9-2-1-3-10-23)14-8-16-31(33)36-30-15-7-6-13-29(30)34-28-12-5-4-11-24(28)19-22-32(34)36/h1-22H. The fourth-order valence-corrected chi connectivity index (χ4v) is 5.63. The van der Waals surface area contributed by atoms with E-state index in [0.29, 0.717) is 0 Å². The van der Waals surface area contributed by atoms with Crippen LogP contribution in [0.25, 0.3) is 60.5 Å². The number of aromatic nitrogens is 1. The molecule has 0 N–H and O–H groups in total. The summed E-state index contributed by atoms with van der Waals surface area (Å²) in [4.78, 5) is 0. The van der Waals surface area contributed by atoms with Crippen LogP contribution in [0, 0.1) is 0 Å². The lowest BCUT2D eigenvalue weighted by Crippen LogP contribution is -1.99. The number of nitrogens with zero attached hydrogens (tertiary/aromatic N) is 1. The number of rotatable bonds is 3. The van der Waals surface area contributed by atoms with Crippen LogP contribution in [0.4, 0.5) is 0 Å². The quantitative estimate of drug-likeness (QED) is 0.237. The molecular weight excluding hydrogens is 458 g/mol. The summed E-state index contributed by atoms with van der Waals surface area (Å²) in [5.41, 5.74) is 8.27. The molecule has 0 saturated heterocycles. The van der Waals surface area contributed by atoms with E-state index in [4.69, 9.17) is 11.6 Å². The average Bonchev–Trinajstić information content (AvgIpc) is 3.28. The molecule has 2 heteroatoms. The lowest BCUT2D eigenvalue weighted by Gasteiger charge is -2.18. The first kappa shape index (κ1) is 21.0. The Bertz CT molecular complexity index is 1880. The van der Waals surface area contributed by atoms with Gasteiger partial charge >= 0.3 is 0 Å². The van der Waals surface area contributed by atoms with Crippen molar-refractivity contribution < 1.29 is 0 Å². The Labute approximate surface area is 214 Å². The fraction of sp³-hybridized carbons (Fsp3) is 0. The summed E-state index contributed by atoms with van der Waals surface area (Å²) in [5.74, 6) is 0. The van der Waals surface area contributed by atoms with Crippen molar-refractivity contribution in [2.24, 2.45) is 0 Å². The van der Waals surface area contributed by atoms with Gasteiger partial charge in [-0.3, -0.25) is 0 Å². The molecule has 170 valence electrons. The lowest BCUT2D eigenvalue weighted by molar-refractivity contribution is 1.18. The Balaban J connectivity index is 1.65. The molecule has 7 aromatic rings. The highest BCUT2D eigenvalue weighted by Gasteiger charge is 2.19. The number of para-hydroxylation sites is 1. The van der Waals surface area contributed by atoms with Crippen LogP contribution in [0.2, 0.25) is 5.02 Å². The minimum absolute atomic E-state index is 0.737. The molecule has 0 saturated carbocycles. The maximum absolute atomic E-state index is 6.30. The molecule has 7 rings (SSSR count). The molecule has 0 fully saturated rings. The van der Waals surface area contributed by atoms with Crippen LogP contribution in [-0.2, 0) is 0 Å². The van der Waals surface area contributed by atoms with Gasteiger partial charge < -0.3 is 4.57 Å². The third-order valence-electron chi connectivity index (χ3n) is 7.06. The van der Waals surface area contributed by atoms with Gasteiger partial charge in [0.15, 0.2) is 0 Å². The van der Waals surface area contributed by atoms with E-state index in [-0.39, 0.29) is 0 Å². The van der Waals surface area contributed by atoms with Crippen LogP contribution in [0.5, 0.6) is 0 Å². The first-order chi connectivity index (χ1) is 17.8. The van der Waals surface area contributed by atoms with Crippen molar-refractivity contribution >= 4 is 44.2 Å². The van der Waals surface area contributed by atoms with Crippen LogP contribution in [0.15, 0.2) is 133 Å². The molecule has 0 spiro atoms. The van der Waals surface area contributed by atoms with Crippen LogP contribution < -0.4 is 0 Å². The van der Waals surface area contributed by atoms with Crippen LogP contribution in [0.1, 0.15) is 0 Å². The van der Waals surface area contributed by atoms with Gasteiger partial charge in [0.1, 0.15) is 0 Å². The monoisotopic (exact) mass is 479 g/mol. The molecule has 0 bridgehead atoms. The Morgan fingerprint density at radius 1 is 0.472 bits per heavy atom. The predicted octanol–water partition coefficient (Wildman–Crippen LogP) is 9.92. The fourth-order valence-electron chi connectivity index (χ4n) is 5.50. The third-order valence-corrected chi connectivity index (χ3v) is 7.32. The number of fused-ring (bicyclic) bond motifs is 5. The molecule has 0 aliphatic rings. The van der Waals surface area contributed by atoms with Gasteiger partial charge in [-0.2, -0.15) is 0 Å². The van der Waals surface area contributed by atoms with E-state index in [1.165, 1.54) is 49.3 Å². The zero-order valence-corrected chi connectivity index (χ0v) is 20.3. The molecule has 0 atom stereocenters. The first-order valence-electron chi connectivity index (χ1n) is 12.2. The predicted molar refractivity (Wildman–Crippen MR) is 154 cm³/mol. The van der Waals surface area contributed by atoms with Gasteiger partial charge in [-0.25, -0.2) is 0 Å². The van der Waals surface area contributed by atoms with E-state index in [2.05, 4.69) is 126 Å². The van der Waals surface area contributed by atoms with E-state index in [0.717, 1.165) is 16.3 Å². The second-order valence-corrected chi connectivity index (χ2v) is 9.54. The van der Waals surface area contributed by atoms with E-state index >= 15 is 0 Å². The smallest absolute Gasteiger partial charge is 0.0547 e. The first-order valence-corrected chi connectivity index (χ1v) is 12.5. The van der Waals surface area contributed by atoms with Crippen LogP contribution in [-0.4, -0.2) is 4.57 Å². The van der Waals surface area contributed by atoms with Crippen molar-refractivity contribution in [1.29, 1.82) is 0 Å². The summed E-state index contributed by atoms with van der Waals surface area (Å²) >= 11 is 6.30. The molecule has 0 aliphatic heterocycles. The summed E-state index contributed by atoms with van der Waals surface area (Å²) in [5, 5.41) is 5.81. The minimum atomic E-state index is 0.737. The summed E-state index contributed by atoms with van der Waals surface area (Å²) in [6.45, 7) is 0. The Kier molecular flexibility index (Phi) is 4.90. The van der Waals surface area contributed by atoms with E-state index < -0.39 is 0 Å². The van der Waals surface area contributed by atoms with E-state index in [9.17, 15) is 0 Å². The third kappa shape index (κ3) is 3.25. The molecule has 0 amide bonds.